The minimum Gasteiger partial charge on any atom is -0.384 e. The van der Waals surface area contributed by atoms with Crippen LogP contribution in [0.4, 0.5) is 5.82 Å². The third-order valence-corrected chi connectivity index (χ3v) is 4.22. The quantitative estimate of drug-likeness (QED) is 0.818. The zero-order valence-corrected chi connectivity index (χ0v) is 10.3. The molecule has 5 heteroatoms. The first-order valence-corrected chi connectivity index (χ1v) is 7.26. The highest BCUT2D eigenvalue weighted by atomic mass is 32.2. The summed E-state index contributed by atoms with van der Waals surface area (Å²) in [7, 11) is -2.86. The third kappa shape index (κ3) is 4.61. The molecular formula is C11H18N2O2S. The van der Waals surface area contributed by atoms with Gasteiger partial charge in [0.15, 0.2) is 0 Å². The van der Waals surface area contributed by atoms with Crippen molar-refractivity contribution < 1.29 is 8.42 Å². The molecule has 0 spiro atoms. The molecule has 1 heterocycles. The number of aromatic nitrogens is 1. The van der Waals surface area contributed by atoms with E-state index < -0.39 is 9.84 Å². The van der Waals surface area contributed by atoms with Crippen LogP contribution in [0.2, 0.25) is 0 Å². The molecule has 4 nitrogen and oxygen atoms in total. The van der Waals surface area contributed by atoms with Crippen molar-refractivity contribution in [3.05, 3.63) is 23.9 Å². The van der Waals surface area contributed by atoms with Crippen LogP contribution in [0.5, 0.6) is 0 Å². The Bertz CT molecular complexity index is 429. The van der Waals surface area contributed by atoms with Gasteiger partial charge in [0.25, 0.3) is 0 Å². The lowest BCUT2D eigenvalue weighted by molar-refractivity contribution is 0.592. The standard InChI is InChI=1S/C11H18N2O2S/c1-2-7-16(14,15)8-3-4-10-5-6-13-11(12)9-10/h5-6,9H,2-4,7-8H2,1H3,(H2,12,13). The van der Waals surface area contributed by atoms with E-state index in [1.165, 1.54) is 0 Å². The summed E-state index contributed by atoms with van der Waals surface area (Å²) in [6, 6.07) is 3.65. The Morgan fingerprint density at radius 3 is 2.75 bits per heavy atom. The van der Waals surface area contributed by atoms with Gasteiger partial charge in [-0.25, -0.2) is 13.4 Å². The summed E-state index contributed by atoms with van der Waals surface area (Å²) in [5, 5.41) is 0. The number of anilines is 1. The van der Waals surface area contributed by atoms with E-state index >= 15 is 0 Å². The van der Waals surface area contributed by atoms with Crippen molar-refractivity contribution in [1.29, 1.82) is 0 Å². The number of nitrogens with zero attached hydrogens (tertiary/aromatic N) is 1. The highest BCUT2D eigenvalue weighted by molar-refractivity contribution is 7.91. The van der Waals surface area contributed by atoms with E-state index in [2.05, 4.69) is 4.98 Å². The fraction of sp³-hybridized carbons (Fsp3) is 0.545. The molecule has 0 aliphatic heterocycles. The molecule has 2 N–H and O–H groups in total. The summed E-state index contributed by atoms with van der Waals surface area (Å²) in [5.74, 6) is 1.02. The molecule has 0 aromatic carbocycles. The average molecular weight is 242 g/mol. The zero-order valence-electron chi connectivity index (χ0n) is 9.52. The van der Waals surface area contributed by atoms with Gasteiger partial charge in [0, 0.05) is 11.9 Å². The van der Waals surface area contributed by atoms with Gasteiger partial charge in [-0.15, -0.1) is 0 Å². The Morgan fingerprint density at radius 1 is 1.38 bits per heavy atom. The van der Waals surface area contributed by atoms with Crippen molar-refractivity contribution in [3.63, 3.8) is 0 Å². The highest BCUT2D eigenvalue weighted by Gasteiger charge is 2.08. The number of hydrogen-bond acceptors (Lipinski definition) is 4. The van der Waals surface area contributed by atoms with E-state index in [-0.39, 0.29) is 11.5 Å². The van der Waals surface area contributed by atoms with Crippen LogP contribution in [0.15, 0.2) is 18.3 Å². The summed E-state index contributed by atoms with van der Waals surface area (Å²) in [6.45, 7) is 1.88. The Balaban J connectivity index is 2.42. The number of hydrogen-bond donors (Lipinski definition) is 1. The van der Waals surface area contributed by atoms with Crippen molar-refractivity contribution in [2.75, 3.05) is 17.2 Å². The highest BCUT2D eigenvalue weighted by Crippen LogP contribution is 2.07. The zero-order chi connectivity index (χ0) is 12.0. The van der Waals surface area contributed by atoms with Crippen molar-refractivity contribution in [2.45, 2.75) is 26.2 Å². The van der Waals surface area contributed by atoms with Gasteiger partial charge >= 0.3 is 0 Å². The predicted molar refractivity (Wildman–Crippen MR) is 65.9 cm³/mol. The fourth-order valence-electron chi connectivity index (χ4n) is 1.56. The number of rotatable bonds is 6. The molecule has 0 saturated heterocycles. The van der Waals surface area contributed by atoms with Gasteiger partial charge in [-0.2, -0.15) is 0 Å². The Labute approximate surface area is 96.8 Å². The number of pyridine rings is 1. The number of sulfone groups is 1. The summed E-state index contributed by atoms with van der Waals surface area (Å²) in [5.41, 5.74) is 6.58. The van der Waals surface area contributed by atoms with Gasteiger partial charge in [-0.1, -0.05) is 6.92 Å². The first-order chi connectivity index (χ1) is 7.53. The first kappa shape index (κ1) is 13.0. The molecule has 0 atom stereocenters. The van der Waals surface area contributed by atoms with Gasteiger partial charge in [0.1, 0.15) is 15.7 Å². The van der Waals surface area contributed by atoms with E-state index in [1.54, 1.807) is 12.3 Å². The van der Waals surface area contributed by atoms with E-state index in [1.807, 2.05) is 13.0 Å². The molecule has 16 heavy (non-hydrogen) atoms. The molecule has 0 radical (unpaired) electrons. The normalized spacial score (nSPS) is 11.6. The van der Waals surface area contributed by atoms with E-state index in [0.717, 1.165) is 12.0 Å². The van der Waals surface area contributed by atoms with Gasteiger partial charge < -0.3 is 5.73 Å². The lowest BCUT2D eigenvalue weighted by atomic mass is 10.1. The Kier molecular flexibility index (Phi) is 4.73. The minimum atomic E-state index is -2.86. The second-order valence-corrected chi connectivity index (χ2v) is 6.15. The lowest BCUT2D eigenvalue weighted by Gasteiger charge is -2.03. The summed E-state index contributed by atoms with van der Waals surface area (Å²) >= 11 is 0. The maximum absolute atomic E-state index is 11.5. The molecule has 0 amide bonds. The fourth-order valence-corrected chi connectivity index (χ4v) is 2.97. The molecule has 0 aliphatic carbocycles. The van der Waals surface area contributed by atoms with Crippen LogP contribution in [-0.2, 0) is 16.3 Å². The van der Waals surface area contributed by atoms with Gasteiger partial charge in [-0.05, 0) is 37.0 Å². The van der Waals surface area contributed by atoms with Crippen molar-refractivity contribution >= 4 is 15.7 Å². The minimum absolute atomic E-state index is 0.253. The molecule has 0 aliphatic rings. The molecule has 0 bridgehead atoms. The maximum Gasteiger partial charge on any atom is 0.150 e. The first-order valence-electron chi connectivity index (χ1n) is 5.44. The SMILES string of the molecule is CCCS(=O)(=O)CCCc1ccnc(N)c1. The molecular weight excluding hydrogens is 224 g/mol. The third-order valence-electron chi connectivity index (χ3n) is 2.28. The monoisotopic (exact) mass is 242 g/mol. The Hall–Kier alpha value is -1.10. The van der Waals surface area contributed by atoms with Gasteiger partial charge in [-0.3, -0.25) is 0 Å². The van der Waals surface area contributed by atoms with Crippen LogP contribution in [-0.4, -0.2) is 24.9 Å². The second-order valence-electron chi connectivity index (χ2n) is 3.84. The van der Waals surface area contributed by atoms with E-state index in [9.17, 15) is 8.42 Å². The molecule has 0 fully saturated rings. The van der Waals surface area contributed by atoms with Crippen molar-refractivity contribution in [3.8, 4) is 0 Å². The van der Waals surface area contributed by atoms with Gasteiger partial charge in [0.2, 0.25) is 0 Å². The largest absolute Gasteiger partial charge is 0.384 e. The molecule has 0 saturated carbocycles. The van der Waals surface area contributed by atoms with Crippen molar-refractivity contribution in [2.24, 2.45) is 0 Å². The van der Waals surface area contributed by atoms with Crippen LogP contribution in [0.1, 0.15) is 25.3 Å². The molecule has 1 aromatic rings. The van der Waals surface area contributed by atoms with Crippen LogP contribution in [0.25, 0.3) is 0 Å². The average Bonchev–Trinajstić information content (AvgIpc) is 2.17. The summed E-state index contributed by atoms with van der Waals surface area (Å²) < 4.78 is 22.9. The van der Waals surface area contributed by atoms with Crippen LogP contribution >= 0.6 is 0 Å². The van der Waals surface area contributed by atoms with Crippen LogP contribution < -0.4 is 5.73 Å². The van der Waals surface area contributed by atoms with Gasteiger partial charge in [0.05, 0.1) is 5.75 Å². The summed E-state index contributed by atoms with van der Waals surface area (Å²) in [4.78, 5) is 3.89. The van der Waals surface area contributed by atoms with E-state index in [4.69, 9.17) is 5.73 Å². The molecule has 1 rings (SSSR count). The van der Waals surface area contributed by atoms with Crippen molar-refractivity contribution in [1.82, 2.24) is 4.98 Å². The van der Waals surface area contributed by atoms with Crippen LogP contribution in [0.3, 0.4) is 0 Å². The predicted octanol–water partition coefficient (Wildman–Crippen LogP) is 1.42. The lowest BCUT2D eigenvalue weighted by Crippen LogP contribution is -2.11. The molecule has 90 valence electrons. The number of aryl methyl sites for hydroxylation is 1. The second kappa shape index (κ2) is 5.84. The Morgan fingerprint density at radius 2 is 2.12 bits per heavy atom. The number of nitrogens with two attached hydrogens (primary N) is 1. The topological polar surface area (TPSA) is 73.0 Å². The smallest absolute Gasteiger partial charge is 0.150 e. The van der Waals surface area contributed by atoms with E-state index in [0.29, 0.717) is 18.7 Å². The van der Waals surface area contributed by atoms with Crippen LogP contribution in [0, 0.1) is 0 Å². The molecule has 1 aromatic heterocycles. The maximum atomic E-state index is 11.5. The number of nitrogen functional groups attached to an aromatic ring is 1. The molecule has 0 unspecified atom stereocenters. The summed E-state index contributed by atoms with van der Waals surface area (Å²) in [6.07, 6.45) is 3.71.